The standard InChI is InChI=1S/C16H11FN6O/c17-10-3-1-2-9(6-10)15-22-13-14(18)20-8-21-16(13)23(15)11-4-5-19-12(24)7-11/h1-6,8H,7H2,(H2,18,20,21). The molecule has 0 saturated carbocycles. The maximum atomic E-state index is 13.6. The molecule has 24 heavy (non-hydrogen) atoms. The molecule has 2 aromatic heterocycles. The molecule has 1 aliphatic rings. The second kappa shape index (κ2) is 5.34. The fraction of sp³-hybridized carbons (Fsp3) is 0.0625. The zero-order valence-electron chi connectivity index (χ0n) is 12.3. The van der Waals surface area contributed by atoms with Gasteiger partial charge < -0.3 is 5.73 Å². The second-order valence-corrected chi connectivity index (χ2v) is 5.22. The maximum Gasteiger partial charge on any atom is 0.251 e. The van der Waals surface area contributed by atoms with Crippen LogP contribution in [0.3, 0.4) is 0 Å². The van der Waals surface area contributed by atoms with Gasteiger partial charge in [0.1, 0.15) is 18.0 Å². The lowest BCUT2D eigenvalue weighted by Crippen LogP contribution is -2.09. The van der Waals surface area contributed by atoms with E-state index in [1.54, 1.807) is 22.8 Å². The van der Waals surface area contributed by atoms with E-state index in [1.807, 2.05) is 0 Å². The number of carbonyl (C=O) groups is 1. The minimum atomic E-state index is -0.388. The van der Waals surface area contributed by atoms with Crippen molar-refractivity contribution in [2.24, 2.45) is 4.99 Å². The van der Waals surface area contributed by atoms with Gasteiger partial charge in [0.05, 0.1) is 6.42 Å². The summed E-state index contributed by atoms with van der Waals surface area (Å²) in [5, 5.41) is 0. The molecule has 0 spiro atoms. The van der Waals surface area contributed by atoms with Crippen LogP contribution < -0.4 is 5.73 Å². The van der Waals surface area contributed by atoms with Gasteiger partial charge in [-0.15, -0.1) is 0 Å². The number of fused-ring (bicyclic) bond motifs is 1. The van der Waals surface area contributed by atoms with E-state index in [0.717, 1.165) is 0 Å². The Hall–Kier alpha value is -3.42. The number of carbonyl (C=O) groups excluding carboxylic acids is 1. The van der Waals surface area contributed by atoms with Crippen LogP contribution in [0.4, 0.5) is 10.2 Å². The first-order valence-electron chi connectivity index (χ1n) is 7.15. The molecule has 4 rings (SSSR count). The molecule has 0 atom stereocenters. The average molecular weight is 322 g/mol. The largest absolute Gasteiger partial charge is 0.382 e. The Labute approximate surface area is 135 Å². The number of dihydropyridines is 1. The van der Waals surface area contributed by atoms with Gasteiger partial charge in [-0.2, -0.15) is 0 Å². The number of nitrogens with zero attached hydrogens (tertiary/aromatic N) is 5. The first-order valence-corrected chi connectivity index (χ1v) is 7.15. The van der Waals surface area contributed by atoms with Crippen molar-refractivity contribution < 1.29 is 9.18 Å². The van der Waals surface area contributed by atoms with Crippen LogP contribution in [0.1, 0.15) is 6.42 Å². The highest BCUT2D eigenvalue weighted by atomic mass is 19.1. The monoisotopic (exact) mass is 322 g/mol. The molecule has 0 aliphatic carbocycles. The molecular formula is C16H11FN6O. The quantitative estimate of drug-likeness (QED) is 0.778. The first-order chi connectivity index (χ1) is 11.6. The topological polar surface area (TPSA) is 99.1 Å². The number of benzene rings is 1. The number of nitrogens with two attached hydrogens (primary N) is 1. The van der Waals surface area contributed by atoms with Crippen LogP contribution >= 0.6 is 0 Å². The number of anilines is 1. The average Bonchev–Trinajstić information content (AvgIpc) is 2.96. The minimum absolute atomic E-state index is 0.0915. The molecule has 1 aromatic carbocycles. The third-order valence-electron chi connectivity index (χ3n) is 3.66. The normalized spacial score (nSPS) is 14.2. The predicted molar refractivity (Wildman–Crippen MR) is 87.5 cm³/mol. The van der Waals surface area contributed by atoms with Gasteiger partial charge in [0.25, 0.3) is 5.91 Å². The Balaban J connectivity index is 2.04. The Kier molecular flexibility index (Phi) is 3.16. The highest BCUT2D eigenvalue weighted by molar-refractivity contribution is 6.02. The van der Waals surface area contributed by atoms with E-state index in [9.17, 15) is 9.18 Å². The molecule has 3 aromatic rings. The van der Waals surface area contributed by atoms with Gasteiger partial charge in [0.2, 0.25) is 0 Å². The summed E-state index contributed by atoms with van der Waals surface area (Å²) in [4.78, 5) is 28.0. The third-order valence-corrected chi connectivity index (χ3v) is 3.66. The van der Waals surface area contributed by atoms with E-state index in [-0.39, 0.29) is 24.0 Å². The van der Waals surface area contributed by atoms with Crippen LogP contribution in [-0.4, -0.2) is 31.6 Å². The molecule has 0 bridgehead atoms. The Morgan fingerprint density at radius 3 is 2.92 bits per heavy atom. The summed E-state index contributed by atoms with van der Waals surface area (Å²) in [5.74, 6) is -0.0131. The molecule has 3 heterocycles. The third kappa shape index (κ3) is 2.24. The van der Waals surface area contributed by atoms with Crippen LogP contribution in [0.25, 0.3) is 28.2 Å². The lowest BCUT2D eigenvalue weighted by Gasteiger charge is -2.13. The molecule has 2 N–H and O–H groups in total. The van der Waals surface area contributed by atoms with Crippen LogP contribution in [-0.2, 0) is 4.79 Å². The molecule has 1 amide bonds. The molecule has 1 aliphatic heterocycles. The van der Waals surface area contributed by atoms with Crippen molar-refractivity contribution in [3.63, 3.8) is 0 Å². The van der Waals surface area contributed by atoms with Gasteiger partial charge >= 0.3 is 0 Å². The highest BCUT2D eigenvalue weighted by Crippen LogP contribution is 2.30. The fourth-order valence-electron chi connectivity index (χ4n) is 2.62. The number of nitrogen functional groups attached to an aromatic ring is 1. The van der Waals surface area contributed by atoms with Crippen LogP contribution in [0, 0.1) is 5.82 Å². The Morgan fingerprint density at radius 1 is 1.25 bits per heavy atom. The number of allylic oxidation sites excluding steroid dienone is 1. The summed E-state index contributed by atoms with van der Waals surface area (Å²) in [6, 6.07) is 6.02. The summed E-state index contributed by atoms with van der Waals surface area (Å²) in [6.45, 7) is 0. The van der Waals surface area contributed by atoms with Crippen molar-refractivity contribution >= 4 is 34.8 Å². The van der Waals surface area contributed by atoms with Gasteiger partial charge in [-0.3, -0.25) is 9.36 Å². The van der Waals surface area contributed by atoms with E-state index in [0.29, 0.717) is 28.2 Å². The molecule has 0 radical (unpaired) electrons. The second-order valence-electron chi connectivity index (χ2n) is 5.22. The van der Waals surface area contributed by atoms with Crippen molar-refractivity contribution in [2.75, 3.05) is 5.73 Å². The van der Waals surface area contributed by atoms with Gasteiger partial charge in [-0.1, -0.05) is 12.1 Å². The summed E-state index contributed by atoms with van der Waals surface area (Å²) in [5.41, 5.74) is 7.92. The van der Waals surface area contributed by atoms with E-state index in [2.05, 4.69) is 19.9 Å². The van der Waals surface area contributed by atoms with Crippen LogP contribution in [0.2, 0.25) is 0 Å². The van der Waals surface area contributed by atoms with Crippen LogP contribution in [0.15, 0.2) is 41.7 Å². The van der Waals surface area contributed by atoms with Gasteiger partial charge in [0.15, 0.2) is 17.0 Å². The minimum Gasteiger partial charge on any atom is -0.382 e. The number of rotatable bonds is 2. The summed E-state index contributed by atoms with van der Waals surface area (Å²) in [6.07, 6.45) is 4.54. The number of amides is 1. The number of halogens is 1. The summed E-state index contributed by atoms with van der Waals surface area (Å²) >= 11 is 0. The van der Waals surface area contributed by atoms with E-state index >= 15 is 0 Å². The fourth-order valence-corrected chi connectivity index (χ4v) is 2.62. The van der Waals surface area contributed by atoms with Crippen molar-refractivity contribution in [2.45, 2.75) is 6.42 Å². The molecule has 0 unspecified atom stereocenters. The lowest BCUT2D eigenvalue weighted by molar-refractivity contribution is -0.116. The van der Waals surface area contributed by atoms with Crippen molar-refractivity contribution in [3.05, 3.63) is 42.5 Å². The zero-order valence-corrected chi connectivity index (χ0v) is 12.3. The number of aromatic nitrogens is 4. The number of hydrogen-bond donors (Lipinski definition) is 1. The Morgan fingerprint density at radius 2 is 2.12 bits per heavy atom. The van der Waals surface area contributed by atoms with Crippen LogP contribution in [0.5, 0.6) is 0 Å². The molecule has 7 nitrogen and oxygen atoms in total. The summed E-state index contributed by atoms with van der Waals surface area (Å²) in [7, 11) is 0. The van der Waals surface area contributed by atoms with E-state index in [1.165, 1.54) is 24.7 Å². The zero-order chi connectivity index (χ0) is 16.7. The number of imidazole rings is 1. The maximum absolute atomic E-state index is 13.6. The van der Waals surface area contributed by atoms with Crippen molar-refractivity contribution in [1.29, 1.82) is 0 Å². The first kappa shape index (κ1) is 14.2. The van der Waals surface area contributed by atoms with Gasteiger partial charge in [-0.25, -0.2) is 24.3 Å². The smallest absolute Gasteiger partial charge is 0.251 e. The highest BCUT2D eigenvalue weighted by Gasteiger charge is 2.21. The van der Waals surface area contributed by atoms with E-state index < -0.39 is 0 Å². The number of hydrogen-bond acceptors (Lipinski definition) is 5. The molecule has 0 fully saturated rings. The SMILES string of the molecule is Nc1ncnc2c1nc(-c1cccc(F)c1)n2C1=CC=NC(=O)C1. The number of aliphatic imine (C=N–C) groups is 1. The van der Waals surface area contributed by atoms with Crippen molar-refractivity contribution in [3.8, 4) is 11.4 Å². The summed E-state index contributed by atoms with van der Waals surface area (Å²) < 4.78 is 15.3. The molecule has 118 valence electrons. The van der Waals surface area contributed by atoms with Crippen molar-refractivity contribution in [1.82, 2.24) is 19.5 Å². The molecular weight excluding hydrogens is 311 g/mol. The van der Waals surface area contributed by atoms with Gasteiger partial charge in [0, 0.05) is 17.5 Å². The lowest BCUT2D eigenvalue weighted by atomic mass is 10.2. The van der Waals surface area contributed by atoms with Gasteiger partial charge in [-0.05, 0) is 18.2 Å². The molecule has 8 heteroatoms. The molecule has 0 saturated heterocycles. The van der Waals surface area contributed by atoms with E-state index in [4.69, 9.17) is 5.73 Å². The Bertz CT molecular complexity index is 1040. The predicted octanol–water partition coefficient (Wildman–Crippen LogP) is 2.06.